The molecule has 0 spiro atoms. The van der Waals surface area contributed by atoms with E-state index in [-0.39, 0.29) is 11.8 Å². The van der Waals surface area contributed by atoms with Gasteiger partial charge in [0.05, 0.1) is 23.5 Å². The molecule has 7 nitrogen and oxygen atoms in total. The first-order valence-electron chi connectivity index (χ1n) is 12.5. The van der Waals surface area contributed by atoms with Crippen LogP contribution in [0, 0.1) is 13.8 Å². The van der Waals surface area contributed by atoms with Crippen molar-refractivity contribution < 1.29 is 9.59 Å². The van der Waals surface area contributed by atoms with Gasteiger partial charge in [0.2, 0.25) is 0 Å². The second-order valence-corrected chi connectivity index (χ2v) is 9.22. The SMILES string of the molecule is CCN(CC)CCNC(=O)c1c(C)[nH]c(C=C2C(=O)N(CN3CCCC3)c3ccccc32)c1C. The molecule has 4 rings (SSSR count). The van der Waals surface area contributed by atoms with Crippen LogP contribution in [0.25, 0.3) is 11.6 Å². The number of aromatic nitrogens is 1. The van der Waals surface area contributed by atoms with Gasteiger partial charge in [0, 0.05) is 30.0 Å². The Balaban J connectivity index is 1.57. The second-order valence-electron chi connectivity index (χ2n) is 9.22. The average Bonchev–Trinajstić information content (AvgIpc) is 3.51. The summed E-state index contributed by atoms with van der Waals surface area (Å²) in [4.78, 5) is 36.3. The molecule has 2 aromatic rings. The molecule has 0 saturated carbocycles. The number of anilines is 1. The quantitative estimate of drug-likeness (QED) is 0.557. The molecule has 1 fully saturated rings. The molecule has 2 N–H and O–H groups in total. The Morgan fingerprint density at radius 3 is 2.56 bits per heavy atom. The van der Waals surface area contributed by atoms with E-state index in [2.05, 4.69) is 33.9 Å². The van der Waals surface area contributed by atoms with E-state index in [1.54, 1.807) is 0 Å². The van der Waals surface area contributed by atoms with Crippen LogP contribution >= 0.6 is 0 Å². The number of hydrogen-bond donors (Lipinski definition) is 2. The monoisotopic (exact) mass is 463 g/mol. The fraction of sp³-hybridized carbons (Fsp3) is 0.481. The largest absolute Gasteiger partial charge is 0.358 e. The summed E-state index contributed by atoms with van der Waals surface area (Å²) < 4.78 is 0. The van der Waals surface area contributed by atoms with Crippen LogP contribution in [0.3, 0.4) is 0 Å². The Hall–Kier alpha value is -2.90. The molecule has 7 heteroatoms. The molecule has 2 amide bonds. The first kappa shape index (κ1) is 24.2. The Labute approximate surface area is 202 Å². The summed E-state index contributed by atoms with van der Waals surface area (Å²) in [6.45, 7) is 14.2. The van der Waals surface area contributed by atoms with E-state index >= 15 is 0 Å². The number of H-pyrrole nitrogens is 1. The highest BCUT2D eigenvalue weighted by Crippen LogP contribution is 2.38. The van der Waals surface area contributed by atoms with Crippen molar-refractivity contribution >= 4 is 29.2 Å². The van der Waals surface area contributed by atoms with Crippen molar-refractivity contribution in [1.82, 2.24) is 20.1 Å². The molecule has 0 atom stereocenters. The number of nitrogens with one attached hydrogen (secondary N) is 2. The molecular formula is C27H37N5O2. The third kappa shape index (κ3) is 4.81. The van der Waals surface area contributed by atoms with Crippen molar-refractivity contribution in [3.63, 3.8) is 0 Å². The average molecular weight is 464 g/mol. The molecule has 0 aliphatic carbocycles. The van der Waals surface area contributed by atoms with E-state index in [4.69, 9.17) is 0 Å². The molecule has 0 radical (unpaired) electrons. The number of nitrogens with zero attached hydrogens (tertiary/aromatic N) is 3. The van der Waals surface area contributed by atoms with Crippen molar-refractivity contribution in [2.75, 3.05) is 50.8 Å². The molecule has 2 aliphatic heterocycles. The van der Waals surface area contributed by atoms with E-state index < -0.39 is 0 Å². The molecular weight excluding hydrogens is 426 g/mol. The lowest BCUT2D eigenvalue weighted by Gasteiger charge is -2.24. The molecule has 1 aromatic carbocycles. The molecule has 34 heavy (non-hydrogen) atoms. The lowest BCUT2D eigenvalue weighted by atomic mass is 10.0. The maximum atomic E-state index is 13.5. The highest BCUT2D eigenvalue weighted by molar-refractivity contribution is 6.35. The summed E-state index contributed by atoms with van der Waals surface area (Å²) >= 11 is 0. The van der Waals surface area contributed by atoms with E-state index in [0.717, 1.165) is 60.9 Å². The topological polar surface area (TPSA) is 71.7 Å². The summed E-state index contributed by atoms with van der Waals surface area (Å²) in [6.07, 6.45) is 4.29. The molecule has 182 valence electrons. The van der Waals surface area contributed by atoms with Crippen LogP contribution in [0.5, 0.6) is 0 Å². The summed E-state index contributed by atoms with van der Waals surface area (Å²) in [5, 5.41) is 3.06. The fourth-order valence-corrected chi connectivity index (χ4v) is 5.07. The lowest BCUT2D eigenvalue weighted by Crippen LogP contribution is -2.38. The Morgan fingerprint density at radius 2 is 1.85 bits per heavy atom. The molecule has 2 aliphatic rings. The molecule has 3 heterocycles. The second kappa shape index (κ2) is 10.6. The van der Waals surface area contributed by atoms with Gasteiger partial charge in [-0.3, -0.25) is 19.4 Å². The van der Waals surface area contributed by atoms with E-state index in [0.29, 0.717) is 24.4 Å². The van der Waals surface area contributed by atoms with Crippen LogP contribution < -0.4 is 10.2 Å². The molecule has 0 bridgehead atoms. The Morgan fingerprint density at radius 1 is 1.15 bits per heavy atom. The summed E-state index contributed by atoms with van der Waals surface area (Å²) in [5.74, 6) is -0.0539. The zero-order valence-electron chi connectivity index (χ0n) is 20.9. The van der Waals surface area contributed by atoms with Gasteiger partial charge < -0.3 is 15.2 Å². The maximum Gasteiger partial charge on any atom is 0.260 e. The van der Waals surface area contributed by atoms with Crippen LogP contribution in [0.2, 0.25) is 0 Å². The van der Waals surface area contributed by atoms with E-state index in [1.165, 1.54) is 12.8 Å². The van der Waals surface area contributed by atoms with Crippen LogP contribution in [-0.2, 0) is 4.79 Å². The molecule has 0 unspecified atom stereocenters. The number of para-hydroxylation sites is 1. The van der Waals surface area contributed by atoms with Gasteiger partial charge in [0.1, 0.15) is 0 Å². The summed E-state index contributed by atoms with van der Waals surface area (Å²) in [5.41, 5.74) is 5.75. The van der Waals surface area contributed by atoms with E-state index in [1.807, 2.05) is 49.1 Å². The number of benzene rings is 1. The number of rotatable bonds is 9. The summed E-state index contributed by atoms with van der Waals surface area (Å²) in [6, 6.07) is 7.98. The van der Waals surface area contributed by atoms with Gasteiger partial charge >= 0.3 is 0 Å². The zero-order chi connectivity index (χ0) is 24.2. The number of amides is 2. The number of likely N-dealkylation sites (N-methyl/N-ethyl adjacent to an activating group) is 1. The van der Waals surface area contributed by atoms with Crippen molar-refractivity contribution in [1.29, 1.82) is 0 Å². The smallest absolute Gasteiger partial charge is 0.260 e. The third-order valence-electron chi connectivity index (χ3n) is 7.10. The van der Waals surface area contributed by atoms with E-state index in [9.17, 15) is 9.59 Å². The number of aryl methyl sites for hydroxylation is 1. The fourth-order valence-electron chi connectivity index (χ4n) is 5.07. The number of aromatic amines is 1. The van der Waals surface area contributed by atoms with Crippen molar-refractivity contribution in [3.8, 4) is 0 Å². The maximum absolute atomic E-state index is 13.5. The number of likely N-dealkylation sites (tertiary alicyclic amines) is 1. The van der Waals surface area contributed by atoms with Gasteiger partial charge in [-0.2, -0.15) is 0 Å². The van der Waals surface area contributed by atoms with Crippen molar-refractivity contribution in [3.05, 3.63) is 52.3 Å². The predicted molar refractivity (Wildman–Crippen MR) is 138 cm³/mol. The van der Waals surface area contributed by atoms with Gasteiger partial charge in [-0.1, -0.05) is 32.0 Å². The normalized spacial score (nSPS) is 17.3. The van der Waals surface area contributed by atoms with Gasteiger partial charge in [-0.15, -0.1) is 0 Å². The van der Waals surface area contributed by atoms with Crippen molar-refractivity contribution in [2.45, 2.75) is 40.5 Å². The highest BCUT2D eigenvalue weighted by Gasteiger charge is 2.34. The minimum atomic E-state index is -0.0723. The Kier molecular flexibility index (Phi) is 7.54. The Bertz CT molecular complexity index is 1080. The number of carbonyl (C=O) groups is 2. The van der Waals surface area contributed by atoms with Gasteiger partial charge in [-0.05, 0) is 70.6 Å². The van der Waals surface area contributed by atoms with Crippen LogP contribution in [0.4, 0.5) is 5.69 Å². The zero-order valence-corrected chi connectivity index (χ0v) is 20.9. The predicted octanol–water partition coefficient (Wildman–Crippen LogP) is 3.64. The molecule has 1 saturated heterocycles. The molecule has 1 aromatic heterocycles. The van der Waals surface area contributed by atoms with Gasteiger partial charge in [0.15, 0.2) is 0 Å². The number of hydrogen-bond acceptors (Lipinski definition) is 4. The first-order chi connectivity index (χ1) is 16.4. The number of fused-ring (bicyclic) bond motifs is 1. The minimum absolute atomic E-state index is 0.0185. The van der Waals surface area contributed by atoms with Crippen LogP contribution in [0.1, 0.15) is 59.6 Å². The minimum Gasteiger partial charge on any atom is -0.358 e. The van der Waals surface area contributed by atoms with Crippen LogP contribution in [-0.4, -0.2) is 72.5 Å². The summed E-state index contributed by atoms with van der Waals surface area (Å²) in [7, 11) is 0. The van der Waals surface area contributed by atoms with Gasteiger partial charge in [0.25, 0.3) is 11.8 Å². The van der Waals surface area contributed by atoms with Gasteiger partial charge in [-0.25, -0.2) is 0 Å². The lowest BCUT2D eigenvalue weighted by molar-refractivity contribution is -0.113. The first-order valence-corrected chi connectivity index (χ1v) is 12.5. The standard InChI is InChI=1S/C27H37N5O2/c1-5-30(6-2)16-13-28-26(33)25-19(3)23(29-20(25)4)17-22-21-11-7-8-12-24(21)32(27(22)34)18-31-14-9-10-15-31/h7-8,11-12,17,29H,5-6,9-10,13-16,18H2,1-4H3,(H,28,33). The third-order valence-corrected chi connectivity index (χ3v) is 7.10. The van der Waals surface area contributed by atoms with Crippen LogP contribution in [0.15, 0.2) is 24.3 Å². The highest BCUT2D eigenvalue weighted by atomic mass is 16.2. The number of carbonyl (C=O) groups excluding carboxylic acids is 2. The van der Waals surface area contributed by atoms with Crippen molar-refractivity contribution in [2.24, 2.45) is 0 Å².